The largest absolute Gasteiger partial charge is 0.618 e. The van der Waals surface area contributed by atoms with E-state index in [2.05, 4.69) is 63.8 Å². The Kier molecular flexibility index (Phi) is 31.1. The van der Waals surface area contributed by atoms with Gasteiger partial charge in [0.05, 0.1) is 44.8 Å². The normalized spacial score (nSPS) is 16.1. The summed E-state index contributed by atoms with van der Waals surface area (Å²) in [5.41, 5.74) is 21.0. The van der Waals surface area contributed by atoms with Gasteiger partial charge in [-0.1, -0.05) is 19.3 Å². The van der Waals surface area contributed by atoms with Crippen molar-refractivity contribution in [2.24, 2.45) is 22.9 Å². The second kappa shape index (κ2) is 38.7. The van der Waals surface area contributed by atoms with E-state index in [-0.39, 0.29) is 115 Å². The van der Waals surface area contributed by atoms with Crippen LogP contribution in [-0.4, -0.2) is 182 Å². The van der Waals surface area contributed by atoms with Crippen LogP contribution in [0.2, 0.25) is 0 Å². The number of phenolic OH excluding ortho intramolecular Hbond substituents is 1. The Balaban J connectivity index is 1.08. The Labute approximate surface area is 534 Å². The lowest BCUT2D eigenvalue weighted by Crippen LogP contribution is -2.55. The van der Waals surface area contributed by atoms with Crippen molar-refractivity contribution in [2.75, 3.05) is 64.7 Å². The molecule has 3 heterocycles. The van der Waals surface area contributed by atoms with E-state index < -0.39 is 127 Å². The minimum absolute atomic E-state index is 0.0163. The van der Waals surface area contributed by atoms with Gasteiger partial charge in [-0.05, 0) is 115 Å². The van der Waals surface area contributed by atoms with Crippen LogP contribution in [0.1, 0.15) is 120 Å². The molecule has 2 fully saturated rings. The Bertz CT molecular complexity index is 3100. The van der Waals surface area contributed by atoms with Gasteiger partial charge >= 0.3 is 6.03 Å². The van der Waals surface area contributed by atoms with E-state index in [1.807, 2.05) is 0 Å². The molecule has 0 spiro atoms. The van der Waals surface area contributed by atoms with Crippen molar-refractivity contribution in [2.45, 2.75) is 151 Å². The number of fused-ring (bicyclic) bond motifs is 3. The van der Waals surface area contributed by atoms with Gasteiger partial charge < -0.3 is 101 Å². The number of nitrogens with one attached hydrogen (secondary N) is 12. The van der Waals surface area contributed by atoms with Crippen molar-refractivity contribution in [3.63, 3.8) is 0 Å². The molecule has 1 aromatic rings. The summed E-state index contributed by atoms with van der Waals surface area (Å²) in [5.74, 6) is -8.02. The van der Waals surface area contributed by atoms with Crippen molar-refractivity contribution in [1.29, 1.82) is 0 Å². The lowest BCUT2D eigenvalue weighted by atomic mass is 10.0. The van der Waals surface area contributed by atoms with Crippen LogP contribution in [0.25, 0.3) is 22.6 Å². The van der Waals surface area contributed by atoms with Gasteiger partial charge in [0.1, 0.15) is 35.5 Å². The number of hydrogen-bond acceptors (Lipinski definition) is 20. The van der Waals surface area contributed by atoms with Crippen LogP contribution < -0.4 is 96.9 Å². The first-order valence-electron chi connectivity index (χ1n) is 30.8. The van der Waals surface area contributed by atoms with Crippen LogP contribution in [0.5, 0.6) is 5.75 Å². The maximum atomic E-state index is 13.6. The molecule has 0 unspecified atom stereocenters. The van der Waals surface area contributed by atoms with E-state index in [1.165, 1.54) is 18.2 Å². The summed E-state index contributed by atoms with van der Waals surface area (Å²) in [6.45, 7) is -2.01. The SMILES string of the molecule is NCCCCC[C@H](NC(=O)CNC(=O)[C@H](CCCCN)NC(=O)CNC(=O)[C@H](CCCCN)NC(=O)CNC(=O)CCCC[C@@H]1SC[C@@H]2NC(=O)N[C@@H]21)C(=O)NCC(=O)N[C@@H](CCCCNC(=O)c1c(O)ccc2c1oc1cc(=O)ccc-1[n+]2[O-])C(=O)NCC(N)=O. The van der Waals surface area contributed by atoms with Crippen LogP contribution in [0.4, 0.5) is 4.79 Å². The number of hydrogen-bond donors (Lipinski definition) is 17. The molecule has 0 bridgehead atoms. The van der Waals surface area contributed by atoms with Gasteiger partial charge in [-0.25, -0.2) is 4.79 Å². The molecule has 3 aliphatic heterocycles. The van der Waals surface area contributed by atoms with Crippen molar-refractivity contribution in [1.82, 2.24) is 63.8 Å². The standard InChI is InChI=1S/C58H87N17O16S/c59-22-8-1-2-12-34(54(85)66-31-49(83)72-37(53(84)65-27-44(62)78)15-7-11-25-63-57(88)50-41(77)21-20-40-52(50)91-42-26-33(76)18-19-39(42)75(40)90)70-47(81)29-68-56(87)36(14-6-10-24-61)71-48(82)30-67-55(86)35(13-5-9-23-60)69-46(80)28-64-45(79)17-4-3-16-43-51-38(32-92-43)73-58(89)74-51/h18-21,26,34-38,43,51,77H,1-17,22-25,27-32,59-61H2,(H2,62,78)(H,63,88)(H,64,79)(H,65,84)(H,66,85)(H,67,86)(H,68,87)(H,69,80)(H,70,81)(H,71,82)(H,72,83)(H2,73,74,89)/t34-,35-,36-,37-,38-,43-,51-/m0/s1. The molecule has 0 aromatic heterocycles. The van der Waals surface area contributed by atoms with E-state index in [9.17, 15) is 72.6 Å². The molecule has 13 amide bonds. The minimum atomic E-state index is -1.28. The number of benzene rings is 2. The predicted molar refractivity (Wildman–Crippen MR) is 335 cm³/mol. The molecular formula is C58H87N17O16S. The molecule has 0 radical (unpaired) electrons. The van der Waals surface area contributed by atoms with Crippen LogP contribution in [0, 0.1) is 5.21 Å². The highest BCUT2D eigenvalue weighted by Gasteiger charge is 2.42. The number of unbranched alkanes of at least 4 members (excludes halogenated alkanes) is 6. The zero-order valence-corrected chi connectivity index (χ0v) is 52.1. The zero-order valence-electron chi connectivity index (χ0n) is 51.3. The number of aromatic hydroxyl groups is 1. The molecule has 506 valence electrons. The number of carbonyl (C=O) groups excluding carboxylic acids is 12. The highest BCUT2D eigenvalue weighted by molar-refractivity contribution is 8.00. The third kappa shape index (κ3) is 24.4. The van der Waals surface area contributed by atoms with Gasteiger partial charge in [0.25, 0.3) is 17.1 Å². The Hall–Kier alpha value is -8.89. The number of phenols is 1. The van der Waals surface area contributed by atoms with E-state index >= 15 is 0 Å². The molecule has 5 rings (SSSR count). The van der Waals surface area contributed by atoms with Crippen molar-refractivity contribution < 1.29 is 71.8 Å². The second-order valence-corrected chi connectivity index (χ2v) is 23.5. The number of nitrogens with zero attached hydrogens (tertiary/aromatic N) is 1. The molecule has 34 heteroatoms. The topological polar surface area (TPSA) is 531 Å². The van der Waals surface area contributed by atoms with Gasteiger partial charge in [0, 0.05) is 42.2 Å². The maximum Gasteiger partial charge on any atom is 0.315 e. The smallest absolute Gasteiger partial charge is 0.315 e. The summed E-state index contributed by atoms with van der Waals surface area (Å²) in [4.78, 5) is 168. The Morgan fingerprint density at radius 1 is 0.587 bits per heavy atom. The molecule has 4 aliphatic rings. The average Bonchev–Trinajstić information content (AvgIpc) is 1.12. The van der Waals surface area contributed by atoms with Gasteiger partial charge in [-0.15, -0.1) is 0 Å². The third-order valence-electron chi connectivity index (χ3n) is 15.1. The van der Waals surface area contributed by atoms with Crippen LogP contribution >= 0.6 is 11.8 Å². The summed E-state index contributed by atoms with van der Waals surface area (Å²) in [6.07, 6.45) is 6.36. The molecule has 0 saturated carbocycles. The van der Waals surface area contributed by atoms with Crippen molar-refractivity contribution in [3.8, 4) is 17.2 Å². The minimum Gasteiger partial charge on any atom is -0.618 e. The van der Waals surface area contributed by atoms with Gasteiger partial charge in [-0.3, -0.25) is 57.5 Å². The predicted octanol–water partition coefficient (Wildman–Crippen LogP) is -4.35. The molecule has 92 heavy (non-hydrogen) atoms. The third-order valence-corrected chi connectivity index (χ3v) is 16.6. The van der Waals surface area contributed by atoms with Crippen molar-refractivity contribution in [3.05, 3.63) is 51.3 Å². The first kappa shape index (κ1) is 73.8. The first-order valence-corrected chi connectivity index (χ1v) is 31.9. The zero-order chi connectivity index (χ0) is 67.1. The van der Waals surface area contributed by atoms with E-state index in [1.54, 1.807) is 11.8 Å². The molecule has 1 aliphatic carbocycles. The molecule has 1 aromatic carbocycles. The van der Waals surface area contributed by atoms with Gasteiger partial charge in [-0.2, -0.15) is 16.5 Å². The van der Waals surface area contributed by atoms with Crippen LogP contribution in [0.3, 0.4) is 0 Å². The summed E-state index contributed by atoms with van der Waals surface area (Å²) in [5, 5.41) is 54.8. The van der Waals surface area contributed by atoms with Crippen LogP contribution in [0.15, 0.2) is 39.5 Å². The molecule has 21 N–H and O–H groups in total. The maximum absolute atomic E-state index is 13.6. The lowest BCUT2D eigenvalue weighted by molar-refractivity contribution is -0.566. The highest BCUT2D eigenvalue weighted by Crippen LogP contribution is 2.33. The van der Waals surface area contributed by atoms with E-state index in [0.29, 0.717) is 69.2 Å². The number of thioether (sulfide) groups is 1. The van der Waals surface area contributed by atoms with Crippen LogP contribution in [-0.2, 0) is 47.9 Å². The average molecular weight is 1310 g/mol. The molecule has 2 saturated heterocycles. The number of amides is 13. The highest BCUT2D eigenvalue weighted by atomic mass is 32.2. The molecule has 7 atom stereocenters. The molecular weight excluding hydrogens is 1220 g/mol. The number of rotatable bonds is 42. The monoisotopic (exact) mass is 1310 g/mol. The fourth-order valence-corrected chi connectivity index (χ4v) is 11.8. The Morgan fingerprint density at radius 3 is 1.60 bits per heavy atom. The second-order valence-electron chi connectivity index (χ2n) is 22.3. The van der Waals surface area contributed by atoms with Gasteiger partial charge in [0.15, 0.2) is 5.43 Å². The number of primary amides is 1. The summed E-state index contributed by atoms with van der Waals surface area (Å²) in [7, 11) is 0. The Morgan fingerprint density at radius 2 is 1.08 bits per heavy atom. The van der Waals surface area contributed by atoms with E-state index in [0.717, 1.165) is 30.7 Å². The van der Waals surface area contributed by atoms with Gasteiger partial charge in [0.2, 0.25) is 70.4 Å². The fourth-order valence-electron chi connectivity index (χ4n) is 10.2. The molecule has 33 nitrogen and oxygen atoms in total. The number of aromatic nitrogens is 1. The summed E-state index contributed by atoms with van der Waals surface area (Å²) >= 11 is 1.78. The summed E-state index contributed by atoms with van der Waals surface area (Å²) < 4.78 is 6.19. The number of nitrogens with two attached hydrogens (primary N) is 4. The van der Waals surface area contributed by atoms with Crippen molar-refractivity contribution >= 4 is 93.9 Å². The number of carbonyl (C=O) groups is 12. The summed E-state index contributed by atoms with van der Waals surface area (Å²) in [6, 6.07) is 1.05. The lowest BCUT2D eigenvalue weighted by Gasteiger charge is -2.22. The quantitative estimate of drug-likeness (QED) is 0.00838. The fraction of sp³-hybridized carbons (Fsp3) is 0.586. The number of urea groups is 1. The first-order chi connectivity index (χ1) is 44.1. The van der Waals surface area contributed by atoms with E-state index in [4.69, 9.17) is 27.4 Å².